The first-order chi connectivity index (χ1) is 13.5. The molecule has 0 aliphatic heterocycles. The second-order valence-electron chi connectivity index (χ2n) is 7.12. The molecule has 0 aliphatic carbocycles. The molecular weight excluding hydrogens is 350 g/mol. The summed E-state index contributed by atoms with van der Waals surface area (Å²) in [6, 6.07) is 13.6. The third-order valence-corrected chi connectivity index (χ3v) is 4.79. The molecule has 0 fully saturated rings. The Morgan fingerprint density at radius 2 is 1.61 bits per heavy atom. The van der Waals surface area contributed by atoms with E-state index in [0.29, 0.717) is 23.1 Å². The summed E-state index contributed by atoms with van der Waals surface area (Å²) in [5.74, 6) is -0.262. The van der Waals surface area contributed by atoms with Gasteiger partial charge in [-0.2, -0.15) is 0 Å². The molecule has 0 N–H and O–H groups in total. The molecule has 2 aromatic carbocycles. The molecule has 0 heterocycles. The summed E-state index contributed by atoms with van der Waals surface area (Å²) in [5, 5.41) is 0. The van der Waals surface area contributed by atoms with Crippen molar-refractivity contribution in [3.05, 3.63) is 107 Å². The highest BCUT2D eigenvalue weighted by atomic mass is 19.1. The Hall–Kier alpha value is -2.48. The van der Waals surface area contributed by atoms with Crippen LogP contribution < -0.4 is 0 Å². The van der Waals surface area contributed by atoms with Crippen LogP contribution in [0, 0.1) is 5.82 Å². The van der Waals surface area contributed by atoms with Gasteiger partial charge in [0.15, 0.2) is 0 Å². The van der Waals surface area contributed by atoms with Crippen molar-refractivity contribution in [3.8, 4) is 0 Å². The first-order valence-corrected chi connectivity index (χ1v) is 10.0. The van der Waals surface area contributed by atoms with Crippen LogP contribution >= 0.6 is 0 Å². The summed E-state index contributed by atoms with van der Waals surface area (Å²) in [5.41, 5.74) is 4.26. The van der Waals surface area contributed by atoms with Gasteiger partial charge in [-0.1, -0.05) is 80.6 Å². The molecule has 2 aromatic rings. The summed E-state index contributed by atoms with van der Waals surface area (Å²) in [6.45, 7) is 7.82. The van der Waals surface area contributed by atoms with Crippen LogP contribution in [0.2, 0.25) is 0 Å². The van der Waals surface area contributed by atoms with E-state index < -0.39 is 6.17 Å². The van der Waals surface area contributed by atoms with Crippen molar-refractivity contribution < 1.29 is 8.78 Å². The van der Waals surface area contributed by atoms with Crippen molar-refractivity contribution >= 4 is 0 Å². The van der Waals surface area contributed by atoms with Gasteiger partial charge in [0.1, 0.15) is 12.0 Å². The Morgan fingerprint density at radius 1 is 0.964 bits per heavy atom. The number of allylic oxidation sites excluding steroid dienone is 5. The molecule has 0 spiro atoms. The molecule has 0 aromatic heterocycles. The molecule has 0 saturated carbocycles. The van der Waals surface area contributed by atoms with Crippen LogP contribution in [0.15, 0.2) is 78.9 Å². The minimum Gasteiger partial charge on any atom is -0.242 e. The SMILES string of the molecule is C=C(/C=C\C=C/C)[C@@H](F)Cc1ccc(CCc2ccc(CCC)cc2)c(F)c1. The van der Waals surface area contributed by atoms with Crippen molar-refractivity contribution in [1.82, 2.24) is 0 Å². The molecule has 0 nitrogen and oxygen atoms in total. The lowest BCUT2D eigenvalue weighted by Gasteiger charge is -2.10. The lowest BCUT2D eigenvalue weighted by Crippen LogP contribution is -2.07. The normalized spacial score (nSPS) is 12.7. The lowest BCUT2D eigenvalue weighted by atomic mass is 9.98. The molecular formula is C26H30F2. The lowest BCUT2D eigenvalue weighted by molar-refractivity contribution is 0.386. The third-order valence-electron chi connectivity index (χ3n) is 4.79. The van der Waals surface area contributed by atoms with Crippen LogP contribution in [-0.2, 0) is 25.7 Å². The van der Waals surface area contributed by atoms with Gasteiger partial charge in [-0.25, -0.2) is 8.78 Å². The van der Waals surface area contributed by atoms with Crippen molar-refractivity contribution in [2.75, 3.05) is 0 Å². The highest BCUT2D eigenvalue weighted by Crippen LogP contribution is 2.18. The number of rotatable bonds is 10. The summed E-state index contributed by atoms with van der Waals surface area (Å²) in [7, 11) is 0. The minimum atomic E-state index is -1.21. The predicted molar refractivity (Wildman–Crippen MR) is 116 cm³/mol. The molecule has 2 rings (SSSR count). The highest BCUT2D eigenvalue weighted by molar-refractivity contribution is 5.30. The summed E-state index contributed by atoms with van der Waals surface area (Å²) < 4.78 is 28.8. The van der Waals surface area contributed by atoms with Crippen LogP contribution in [0.25, 0.3) is 0 Å². The fourth-order valence-electron chi connectivity index (χ4n) is 3.09. The maximum atomic E-state index is 14.4. The predicted octanol–water partition coefficient (Wildman–Crippen LogP) is 7.13. The van der Waals surface area contributed by atoms with E-state index in [1.165, 1.54) is 17.2 Å². The average molecular weight is 381 g/mol. The zero-order valence-electron chi connectivity index (χ0n) is 16.9. The Labute approximate surface area is 168 Å². The van der Waals surface area contributed by atoms with Crippen LogP contribution in [-0.4, -0.2) is 6.17 Å². The molecule has 0 amide bonds. The first kappa shape index (κ1) is 21.8. The quantitative estimate of drug-likeness (QED) is 0.385. The Morgan fingerprint density at radius 3 is 2.21 bits per heavy atom. The van der Waals surface area contributed by atoms with Gasteiger partial charge in [0.25, 0.3) is 0 Å². The topological polar surface area (TPSA) is 0 Å². The minimum absolute atomic E-state index is 0.134. The third kappa shape index (κ3) is 6.92. The highest BCUT2D eigenvalue weighted by Gasteiger charge is 2.12. The van der Waals surface area contributed by atoms with Crippen molar-refractivity contribution in [2.24, 2.45) is 0 Å². The number of hydrogen-bond donors (Lipinski definition) is 0. The molecule has 0 bridgehead atoms. The van der Waals surface area contributed by atoms with Gasteiger partial charge in [0, 0.05) is 6.42 Å². The number of hydrogen-bond acceptors (Lipinski definition) is 0. The second kappa shape index (κ2) is 11.4. The molecule has 2 heteroatoms. The zero-order valence-corrected chi connectivity index (χ0v) is 16.9. The van der Waals surface area contributed by atoms with Gasteiger partial charge < -0.3 is 0 Å². The maximum absolute atomic E-state index is 14.4. The Balaban J connectivity index is 1.93. The molecule has 148 valence electrons. The standard InChI is InChI=1S/C26H30F2/c1-4-6-7-9-20(3)25(27)18-23-15-17-24(26(28)19-23)16-14-22-12-10-21(8-5-2)11-13-22/h4,6-7,9-13,15,17,19,25H,3,5,8,14,16,18H2,1-2H3/b6-4-,9-7-/t25-/m0/s1. The molecule has 0 saturated heterocycles. The van der Waals surface area contributed by atoms with E-state index in [4.69, 9.17) is 0 Å². The van der Waals surface area contributed by atoms with Crippen LogP contribution in [0.4, 0.5) is 8.78 Å². The van der Waals surface area contributed by atoms with Gasteiger partial charge in [0.05, 0.1) is 0 Å². The fraction of sp³-hybridized carbons (Fsp3) is 0.308. The molecule has 0 radical (unpaired) electrons. The maximum Gasteiger partial charge on any atom is 0.129 e. The van der Waals surface area contributed by atoms with E-state index in [2.05, 4.69) is 37.8 Å². The average Bonchev–Trinajstić information content (AvgIpc) is 2.69. The molecule has 0 aliphatic rings. The first-order valence-electron chi connectivity index (χ1n) is 10.0. The van der Waals surface area contributed by atoms with Gasteiger partial charge in [0.2, 0.25) is 0 Å². The van der Waals surface area contributed by atoms with Crippen molar-refractivity contribution in [2.45, 2.75) is 52.1 Å². The molecule has 28 heavy (non-hydrogen) atoms. The molecule has 0 unspecified atom stereocenters. The zero-order chi connectivity index (χ0) is 20.4. The number of aryl methyl sites for hydroxylation is 3. The smallest absolute Gasteiger partial charge is 0.129 e. The van der Waals surface area contributed by atoms with E-state index in [9.17, 15) is 8.78 Å². The van der Waals surface area contributed by atoms with Gasteiger partial charge in [-0.05, 0) is 60.1 Å². The monoisotopic (exact) mass is 380 g/mol. The Bertz CT molecular complexity index is 813. The van der Waals surface area contributed by atoms with Gasteiger partial charge in [-0.3, -0.25) is 0 Å². The van der Waals surface area contributed by atoms with Crippen LogP contribution in [0.3, 0.4) is 0 Å². The number of benzene rings is 2. The van der Waals surface area contributed by atoms with Crippen molar-refractivity contribution in [3.63, 3.8) is 0 Å². The summed E-state index contributed by atoms with van der Waals surface area (Å²) in [4.78, 5) is 0. The van der Waals surface area contributed by atoms with Crippen LogP contribution in [0.5, 0.6) is 0 Å². The summed E-state index contributed by atoms with van der Waals surface area (Å²) >= 11 is 0. The van der Waals surface area contributed by atoms with Gasteiger partial charge >= 0.3 is 0 Å². The second-order valence-corrected chi connectivity index (χ2v) is 7.12. The largest absolute Gasteiger partial charge is 0.242 e. The van der Waals surface area contributed by atoms with E-state index in [0.717, 1.165) is 19.3 Å². The fourth-order valence-corrected chi connectivity index (χ4v) is 3.09. The van der Waals surface area contributed by atoms with E-state index in [-0.39, 0.29) is 12.2 Å². The van der Waals surface area contributed by atoms with Crippen molar-refractivity contribution in [1.29, 1.82) is 0 Å². The van der Waals surface area contributed by atoms with Crippen LogP contribution in [0.1, 0.15) is 42.5 Å². The van der Waals surface area contributed by atoms with E-state index in [1.54, 1.807) is 18.2 Å². The summed E-state index contributed by atoms with van der Waals surface area (Å²) in [6.07, 6.45) is 9.67. The van der Waals surface area contributed by atoms with E-state index in [1.807, 2.05) is 25.1 Å². The number of halogens is 2. The van der Waals surface area contributed by atoms with Gasteiger partial charge in [-0.15, -0.1) is 0 Å². The molecule has 1 atom stereocenters. The Kier molecular flexibility index (Phi) is 8.87. The number of alkyl halides is 1. The van der Waals surface area contributed by atoms with E-state index >= 15 is 0 Å².